The molecule has 0 aromatic carbocycles. The van der Waals surface area contributed by atoms with Gasteiger partial charge in [0.1, 0.15) is 11.2 Å². The van der Waals surface area contributed by atoms with Crippen LogP contribution in [-0.4, -0.2) is 35.7 Å². The second-order valence-corrected chi connectivity index (χ2v) is 6.20. The minimum atomic E-state index is -0.639. The molecule has 6 nitrogen and oxygen atoms in total. The van der Waals surface area contributed by atoms with E-state index < -0.39 is 17.5 Å². The zero-order chi connectivity index (χ0) is 16.3. The summed E-state index contributed by atoms with van der Waals surface area (Å²) in [7, 11) is 1.26. The Balaban J connectivity index is 2.38. The average molecular weight is 307 g/mol. The fourth-order valence-corrected chi connectivity index (χ4v) is 1.96. The van der Waals surface area contributed by atoms with E-state index in [4.69, 9.17) is 14.2 Å². The van der Waals surface area contributed by atoms with Crippen LogP contribution in [0, 0.1) is 0 Å². The van der Waals surface area contributed by atoms with Crippen LogP contribution < -0.4 is 4.74 Å². The first-order valence-electron chi connectivity index (χ1n) is 7.29. The van der Waals surface area contributed by atoms with Gasteiger partial charge < -0.3 is 14.2 Å². The molecule has 1 fully saturated rings. The zero-order valence-electron chi connectivity index (χ0n) is 13.3. The maximum atomic E-state index is 12.4. The summed E-state index contributed by atoms with van der Waals surface area (Å²) in [4.78, 5) is 28.2. The van der Waals surface area contributed by atoms with Crippen LogP contribution in [0.15, 0.2) is 12.3 Å². The van der Waals surface area contributed by atoms with Crippen LogP contribution >= 0.6 is 0 Å². The molecule has 0 aliphatic heterocycles. The molecule has 0 unspecified atom stereocenters. The molecular formula is C16H21NO5. The van der Waals surface area contributed by atoms with Gasteiger partial charge in [-0.3, -0.25) is 0 Å². The molecule has 0 amide bonds. The number of methoxy groups -OCH3 is 1. The molecule has 1 saturated carbocycles. The largest absolute Gasteiger partial charge is 0.487 e. The normalized spacial score (nSPS) is 14.9. The fourth-order valence-electron chi connectivity index (χ4n) is 1.96. The molecule has 0 radical (unpaired) electrons. The van der Waals surface area contributed by atoms with E-state index in [0.29, 0.717) is 0 Å². The molecule has 6 heteroatoms. The van der Waals surface area contributed by atoms with Crippen molar-refractivity contribution in [2.45, 2.75) is 51.7 Å². The topological polar surface area (TPSA) is 74.7 Å². The van der Waals surface area contributed by atoms with Gasteiger partial charge in [0.2, 0.25) is 0 Å². The minimum absolute atomic E-state index is 0.00207. The fraction of sp³-hybridized carbons (Fsp3) is 0.562. The number of hydrogen-bond donors (Lipinski definition) is 0. The maximum absolute atomic E-state index is 12.4. The summed E-state index contributed by atoms with van der Waals surface area (Å²) < 4.78 is 15.9. The van der Waals surface area contributed by atoms with Crippen molar-refractivity contribution in [2.24, 2.45) is 0 Å². The van der Waals surface area contributed by atoms with Crippen LogP contribution in [0.4, 0.5) is 0 Å². The van der Waals surface area contributed by atoms with Gasteiger partial charge in [-0.1, -0.05) is 0 Å². The van der Waals surface area contributed by atoms with Gasteiger partial charge in [0, 0.05) is 6.20 Å². The zero-order valence-corrected chi connectivity index (χ0v) is 13.3. The first kappa shape index (κ1) is 16.3. The van der Waals surface area contributed by atoms with Gasteiger partial charge in [0.05, 0.1) is 13.2 Å². The van der Waals surface area contributed by atoms with Crippen LogP contribution in [0.1, 0.15) is 60.9 Å². The first-order valence-corrected chi connectivity index (χ1v) is 7.29. The molecule has 0 spiro atoms. The van der Waals surface area contributed by atoms with Gasteiger partial charge in [0.15, 0.2) is 11.4 Å². The molecule has 22 heavy (non-hydrogen) atoms. The number of rotatable bonds is 4. The Bertz CT molecular complexity index is 572. The van der Waals surface area contributed by atoms with Gasteiger partial charge in [0.25, 0.3) is 0 Å². The summed E-state index contributed by atoms with van der Waals surface area (Å²) in [5.74, 6) is -1.04. The lowest BCUT2D eigenvalue weighted by Gasteiger charge is -2.28. The SMILES string of the molecule is COC(=O)c1nccc(C(=O)OC(C)(C)C)c1OC1CCC1. The standard InChI is InChI=1S/C16H21NO5/c1-16(2,3)22-14(18)11-8-9-17-12(15(19)20-4)13(11)21-10-6-5-7-10/h8-10H,5-7H2,1-4H3. The smallest absolute Gasteiger partial charge is 0.360 e. The lowest BCUT2D eigenvalue weighted by atomic mass is 9.96. The molecule has 2 rings (SSSR count). The Labute approximate surface area is 129 Å². The van der Waals surface area contributed by atoms with E-state index in [1.54, 1.807) is 20.8 Å². The Morgan fingerprint density at radius 3 is 2.41 bits per heavy atom. The molecule has 1 heterocycles. The van der Waals surface area contributed by atoms with Crippen LogP contribution in [0.2, 0.25) is 0 Å². The van der Waals surface area contributed by atoms with E-state index in [2.05, 4.69) is 4.98 Å². The summed E-state index contributed by atoms with van der Waals surface area (Å²) in [6.07, 6.45) is 4.22. The third-order valence-corrected chi connectivity index (χ3v) is 3.24. The second-order valence-electron chi connectivity index (χ2n) is 6.20. The van der Waals surface area contributed by atoms with Gasteiger partial charge in [-0.15, -0.1) is 0 Å². The van der Waals surface area contributed by atoms with Crippen molar-refractivity contribution in [1.82, 2.24) is 4.98 Å². The number of carbonyl (C=O) groups excluding carboxylic acids is 2. The summed E-state index contributed by atoms with van der Waals surface area (Å²) in [5, 5.41) is 0. The Morgan fingerprint density at radius 2 is 1.91 bits per heavy atom. The van der Waals surface area contributed by atoms with Crippen molar-refractivity contribution in [2.75, 3.05) is 7.11 Å². The molecule has 1 aliphatic carbocycles. The number of pyridine rings is 1. The lowest BCUT2D eigenvalue weighted by molar-refractivity contribution is 0.00609. The molecule has 1 aromatic rings. The molecule has 120 valence electrons. The van der Waals surface area contributed by atoms with Crippen LogP contribution in [0.5, 0.6) is 5.75 Å². The molecular weight excluding hydrogens is 286 g/mol. The number of esters is 2. The van der Waals surface area contributed by atoms with Crippen molar-refractivity contribution in [3.05, 3.63) is 23.5 Å². The molecule has 0 bridgehead atoms. The van der Waals surface area contributed by atoms with Gasteiger partial charge in [-0.25, -0.2) is 14.6 Å². The quantitative estimate of drug-likeness (QED) is 0.796. The predicted octanol–water partition coefficient (Wildman–Crippen LogP) is 2.75. The van der Waals surface area contributed by atoms with Gasteiger partial charge >= 0.3 is 11.9 Å². The summed E-state index contributed by atoms with van der Waals surface area (Å²) in [6.45, 7) is 5.33. The van der Waals surface area contributed by atoms with Gasteiger partial charge in [-0.2, -0.15) is 0 Å². The molecule has 0 atom stereocenters. The average Bonchev–Trinajstić information content (AvgIpc) is 2.39. The molecule has 0 N–H and O–H groups in total. The third-order valence-electron chi connectivity index (χ3n) is 3.24. The first-order chi connectivity index (χ1) is 10.3. The molecule has 1 aliphatic rings. The Hall–Kier alpha value is -2.11. The van der Waals surface area contributed by atoms with Gasteiger partial charge in [-0.05, 0) is 46.1 Å². The Kier molecular flexibility index (Phi) is 4.68. The van der Waals surface area contributed by atoms with E-state index in [9.17, 15) is 9.59 Å². The molecule has 1 aromatic heterocycles. The van der Waals surface area contributed by atoms with Crippen LogP contribution in [-0.2, 0) is 9.47 Å². The number of ether oxygens (including phenoxy) is 3. The maximum Gasteiger partial charge on any atom is 0.360 e. The second kappa shape index (κ2) is 6.34. The van der Waals surface area contributed by atoms with E-state index in [1.165, 1.54) is 19.4 Å². The van der Waals surface area contributed by atoms with Crippen molar-refractivity contribution >= 4 is 11.9 Å². The highest BCUT2D eigenvalue weighted by Gasteiger charge is 2.29. The highest BCUT2D eigenvalue weighted by molar-refractivity contribution is 5.98. The molecule has 0 saturated heterocycles. The van der Waals surface area contributed by atoms with Crippen molar-refractivity contribution < 1.29 is 23.8 Å². The third kappa shape index (κ3) is 3.75. The number of aromatic nitrogens is 1. The van der Waals surface area contributed by atoms with E-state index >= 15 is 0 Å². The summed E-state index contributed by atoms with van der Waals surface area (Å²) >= 11 is 0. The lowest BCUT2D eigenvalue weighted by Crippen LogP contribution is -2.29. The number of hydrogen-bond acceptors (Lipinski definition) is 6. The van der Waals surface area contributed by atoms with E-state index in [1.807, 2.05) is 0 Å². The summed E-state index contributed by atoms with van der Waals surface area (Å²) in [6, 6.07) is 1.49. The van der Waals surface area contributed by atoms with Crippen molar-refractivity contribution in [3.63, 3.8) is 0 Å². The van der Waals surface area contributed by atoms with Crippen LogP contribution in [0.3, 0.4) is 0 Å². The Morgan fingerprint density at radius 1 is 1.23 bits per heavy atom. The van der Waals surface area contributed by atoms with E-state index in [-0.39, 0.29) is 23.1 Å². The number of nitrogens with zero attached hydrogens (tertiary/aromatic N) is 1. The van der Waals surface area contributed by atoms with Crippen LogP contribution in [0.25, 0.3) is 0 Å². The number of carbonyl (C=O) groups is 2. The van der Waals surface area contributed by atoms with Crippen molar-refractivity contribution in [1.29, 1.82) is 0 Å². The predicted molar refractivity (Wildman–Crippen MR) is 79.0 cm³/mol. The van der Waals surface area contributed by atoms with Crippen molar-refractivity contribution in [3.8, 4) is 5.75 Å². The highest BCUT2D eigenvalue weighted by atomic mass is 16.6. The highest BCUT2D eigenvalue weighted by Crippen LogP contribution is 2.31. The minimum Gasteiger partial charge on any atom is -0.487 e. The van der Waals surface area contributed by atoms with E-state index in [0.717, 1.165) is 19.3 Å². The monoisotopic (exact) mass is 307 g/mol. The summed E-state index contributed by atoms with van der Waals surface area (Å²) in [5.41, 5.74) is -0.450.